The van der Waals surface area contributed by atoms with Crippen LogP contribution in [-0.4, -0.2) is 61.1 Å². The van der Waals surface area contributed by atoms with Gasteiger partial charge in [-0.25, -0.2) is 0 Å². The summed E-state index contributed by atoms with van der Waals surface area (Å²) in [5.74, 6) is 0.624. The molecule has 0 spiro atoms. The lowest BCUT2D eigenvalue weighted by molar-refractivity contribution is 0.0103. The highest BCUT2D eigenvalue weighted by Gasteiger charge is 2.38. The molecule has 2 aliphatic heterocycles. The molecule has 0 aliphatic carbocycles. The van der Waals surface area contributed by atoms with Crippen LogP contribution in [0.5, 0.6) is 0 Å². The number of nitrogens with zero attached hydrogens (tertiary/aromatic N) is 2. The highest BCUT2D eigenvalue weighted by atomic mass is 16.5. The van der Waals surface area contributed by atoms with Gasteiger partial charge in [-0.15, -0.1) is 0 Å². The fourth-order valence-electron chi connectivity index (χ4n) is 4.06. The molecule has 4 rings (SSSR count). The van der Waals surface area contributed by atoms with E-state index in [0.29, 0.717) is 17.5 Å². The number of para-hydroxylation sites is 1. The maximum Gasteiger partial charge on any atom is 0.257 e. The largest absolute Gasteiger partial charge is 0.463 e. The summed E-state index contributed by atoms with van der Waals surface area (Å²) >= 11 is 0. The lowest BCUT2D eigenvalue weighted by Crippen LogP contribution is -2.47. The molecule has 0 bridgehead atoms. The first-order valence-corrected chi connectivity index (χ1v) is 8.85. The van der Waals surface area contributed by atoms with Gasteiger partial charge in [-0.05, 0) is 12.0 Å². The van der Waals surface area contributed by atoms with E-state index in [9.17, 15) is 4.79 Å². The Balaban J connectivity index is 1.55. The minimum Gasteiger partial charge on any atom is -0.463 e. The fourth-order valence-corrected chi connectivity index (χ4v) is 4.06. The fraction of sp³-hybridized carbons (Fsp3) is 0.526. The third-order valence-electron chi connectivity index (χ3n) is 5.44. The third-order valence-corrected chi connectivity index (χ3v) is 5.44. The lowest BCUT2D eigenvalue weighted by atomic mass is 9.99. The van der Waals surface area contributed by atoms with Crippen molar-refractivity contribution in [2.75, 3.05) is 39.4 Å². The van der Waals surface area contributed by atoms with Crippen LogP contribution in [0.1, 0.15) is 23.7 Å². The molecule has 0 unspecified atom stereocenters. The number of carbonyl (C=O) groups is 1. The maximum absolute atomic E-state index is 13.0. The summed E-state index contributed by atoms with van der Waals surface area (Å²) in [6.07, 6.45) is 2.70. The maximum atomic E-state index is 13.0. The monoisotopic (exact) mass is 328 g/mol. The third kappa shape index (κ3) is 2.72. The van der Waals surface area contributed by atoms with E-state index < -0.39 is 0 Å². The molecule has 1 aromatic heterocycles. The molecule has 1 aromatic carbocycles. The Hall–Kier alpha value is -1.85. The van der Waals surface area contributed by atoms with Crippen LogP contribution in [0.2, 0.25) is 0 Å². The van der Waals surface area contributed by atoms with E-state index in [-0.39, 0.29) is 5.91 Å². The molecule has 0 saturated carbocycles. The number of likely N-dealkylation sites (tertiary alicyclic amines) is 1. The van der Waals surface area contributed by atoms with Crippen LogP contribution in [0.4, 0.5) is 0 Å². The Kier molecular flexibility index (Phi) is 4.29. The van der Waals surface area contributed by atoms with Gasteiger partial charge in [0.05, 0.1) is 18.8 Å². The second-order valence-corrected chi connectivity index (χ2v) is 6.74. The molecule has 2 aliphatic rings. The minimum absolute atomic E-state index is 0.0918. The molecule has 1 amide bonds. The predicted octanol–water partition coefficient (Wildman–Crippen LogP) is 2.62. The zero-order valence-corrected chi connectivity index (χ0v) is 14.1. The van der Waals surface area contributed by atoms with Gasteiger partial charge in [0.1, 0.15) is 11.8 Å². The number of ether oxygens (including phenoxy) is 1. The summed E-state index contributed by atoms with van der Waals surface area (Å²) in [6, 6.07) is 8.18. The Morgan fingerprint density at radius 3 is 2.79 bits per heavy atom. The number of fused-ring (bicyclic) bond motifs is 1. The van der Waals surface area contributed by atoms with Gasteiger partial charge in [0.2, 0.25) is 0 Å². The van der Waals surface area contributed by atoms with Crippen LogP contribution in [0, 0.1) is 5.92 Å². The molecule has 0 radical (unpaired) electrons. The van der Waals surface area contributed by atoms with Crippen molar-refractivity contribution in [3.63, 3.8) is 0 Å². The number of amides is 1. The van der Waals surface area contributed by atoms with Crippen molar-refractivity contribution >= 4 is 16.9 Å². The molecular weight excluding hydrogens is 304 g/mol. The number of carbonyl (C=O) groups excluding carboxylic acids is 1. The molecule has 2 aromatic rings. The van der Waals surface area contributed by atoms with Crippen LogP contribution >= 0.6 is 0 Å². The van der Waals surface area contributed by atoms with Crippen LogP contribution < -0.4 is 0 Å². The normalized spacial score (nSPS) is 25.5. The number of hydrogen-bond acceptors (Lipinski definition) is 4. The minimum atomic E-state index is 0.0918. The predicted molar refractivity (Wildman–Crippen MR) is 92.1 cm³/mol. The van der Waals surface area contributed by atoms with Crippen LogP contribution in [0.3, 0.4) is 0 Å². The van der Waals surface area contributed by atoms with Gasteiger partial charge in [0.15, 0.2) is 0 Å². The second kappa shape index (κ2) is 6.57. The highest BCUT2D eigenvalue weighted by molar-refractivity contribution is 6.06. The number of benzene rings is 1. The van der Waals surface area contributed by atoms with Gasteiger partial charge in [-0.2, -0.15) is 0 Å². The molecule has 3 heterocycles. The van der Waals surface area contributed by atoms with Gasteiger partial charge in [-0.3, -0.25) is 9.69 Å². The van der Waals surface area contributed by atoms with Crippen LogP contribution in [0.15, 0.2) is 34.9 Å². The van der Waals surface area contributed by atoms with Crippen molar-refractivity contribution in [1.82, 2.24) is 9.80 Å². The zero-order chi connectivity index (χ0) is 16.5. The first-order valence-electron chi connectivity index (χ1n) is 8.85. The molecule has 2 atom stereocenters. The van der Waals surface area contributed by atoms with E-state index in [2.05, 4.69) is 11.8 Å². The summed E-state index contributed by atoms with van der Waals surface area (Å²) in [6.45, 7) is 7.39. The smallest absolute Gasteiger partial charge is 0.257 e. The van der Waals surface area contributed by atoms with Gasteiger partial charge in [0.25, 0.3) is 5.91 Å². The van der Waals surface area contributed by atoms with E-state index in [1.807, 2.05) is 29.2 Å². The number of furan rings is 1. The number of hydrogen-bond donors (Lipinski definition) is 0. The lowest BCUT2D eigenvalue weighted by Gasteiger charge is -2.34. The summed E-state index contributed by atoms with van der Waals surface area (Å²) in [7, 11) is 0. The van der Waals surface area contributed by atoms with Crippen molar-refractivity contribution in [2.24, 2.45) is 5.92 Å². The topological polar surface area (TPSA) is 45.9 Å². The van der Waals surface area contributed by atoms with Crippen molar-refractivity contribution in [2.45, 2.75) is 19.4 Å². The Labute approximate surface area is 142 Å². The standard InChI is InChI=1S/C19H24N2O3/c1-2-14-11-21(12-17(14)20-7-9-23-10-8-20)19(22)16-13-24-18-6-4-3-5-15(16)18/h3-6,13-14,17H,2,7-12H2,1H3/t14-,17-/m0/s1. The van der Waals surface area contributed by atoms with Gasteiger partial charge in [-0.1, -0.05) is 31.5 Å². The Bertz CT molecular complexity index is 720. The average Bonchev–Trinajstić information content (AvgIpc) is 3.26. The second-order valence-electron chi connectivity index (χ2n) is 6.74. The molecule has 128 valence electrons. The van der Waals surface area contributed by atoms with Crippen molar-refractivity contribution in [3.8, 4) is 0 Å². The molecule has 2 fully saturated rings. The highest BCUT2D eigenvalue weighted by Crippen LogP contribution is 2.29. The number of rotatable bonds is 3. The van der Waals surface area contributed by atoms with Crippen molar-refractivity contribution in [1.29, 1.82) is 0 Å². The average molecular weight is 328 g/mol. The van der Waals surface area contributed by atoms with Crippen molar-refractivity contribution in [3.05, 3.63) is 36.1 Å². The molecular formula is C19H24N2O3. The van der Waals surface area contributed by atoms with Gasteiger partial charge >= 0.3 is 0 Å². The Morgan fingerprint density at radius 2 is 2.00 bits per heavy atom. The van der Waals surface area contributed by atoms with E-state index in [4.69, 9.17) is 9.15 Å². The van der Waals surface area contributed by atoms with E-state index in [1.165, 1.54) is 0 Å². The number of morpholine rings is 1. The SMILES string of the molecule is CC[C@H]1CN(C(=O)c2coc3ccccc23)C[C@@H]1N1CCOCC1. The zero-order valence-electron chi connectivity index (χ0n) is 14.1. The van der Waals surface area contributed by atoms with Gasteiger partial charge < -0.3 is 14.1 Å². The molecule has 5 nitrogen and oxygen atoms in total. The van der Waals surface area contributed by atoms with Crippen molar-refractivity contribution < 1.29 is 13.9 Å². The van der Waals surface area contributed by atoms with E-state index >= 15 is 0 Å². The Morgan fingerprint density at radius 1 is 1.21 bits per heavy atom. The summed E-state index contributed by atoms with van der Waals surface area (Å²) in [5.41, 5.74) is 1.46. The summed E-state index contributed by atoms with van der Waals surface area (Å²) in [5, 5.41) is 0.908. The summed E-state index contributed by atoms with van der Waals surface area (Å²) in [4.78, 5) is 17.5. The van der Waals surface area contributed by atoms with E-state index in [0.717, 1.165) is 56.8 Å². The molecule has 0 N–H and O–H groups in total. The van der Waals surface area contributed by atoms with E-state index in [1.54, 1.807) is 6.26 Å². The van der Waals surface area contributed by atoms with Crippen LogP contribution in [-0.2, 0) is 4.74 Å². The molecule has 5 heteroatoms. The molecule has 2 saturated heterocycles. The molecule has 24 heavy (non-hydrogen) atoms. The quantitative estimate of drug-likeness (QED) is 0.869. The first-order chi connectivity index (χ1) is 11.8. The van der Waals surface area contributed by atoms with Gasteiger partial charge in [0, 0.05) is 37.6 Å². The van der Waals surface area contributed by atoms with Crippen LogP contribution in [0.25, 0.3) is 11.0 Å². The summed E-state index contributed by atoms with van der Waals surface area (Å²) < 4.78 is 11.0. The first kappa shape index (κ1) is 15.7.